The van der Waals surface area contributed by atoms with Gasteiger partial charge in [0.15, 0.2) is 9.84 Å². The van der Waals surface area contributed by atoms with Gasteiger partial charge >= 0.3 is 0 Å². The van der Waals surface area contributed by atoms with Gasteiger partial charge in [-0.3, -0.25) is 4.79 Å². The molecule has 0 saturated carbocycles. The lowest BCUT2D eigenvalue weighted by Crippen LogP contribution is -1.96. The van der Waals surface area contributed by atoms with Gasteiger partial charge in [0.2, 0.25) is 5.24 Å². The van der Waals surface area contributed by atoms with Crippen LogP contribution < -0.4 is 0 Å². The Bertz CT molecular complexity index is 1060. The van der Waals surface area contributed by atoms with Crippen LogP contribution in [0, 0.1) is 5.82 Å². The molecule has 0 amide bonds. The predicted molar refractivity (Wildman–Crippen MR) is 102 cm³/mol. The van der Waals surface area contributed by atoms with Crippen molar-refractivity contribution >= 4 is 43.9 Å². The molecule has 0 radical (unpaired) electrons. The molecular formula is C20H16ClFO3S. The fraction of sp³-hybridized carbons (Fsp3) is 0.150. The lowest BCUT2D eigenvalue weighted by Gasteiger charge is -2.05. The first-order valence-corrected chi connectivity index (χ1v) is 10.1. The largest absolute Gasteiger partial charge is 0.281 e. The molecule has 2 aromatic rings. The normalized spacial score (nSPS) is 15.5. The number of carbonyl (C=O) groups is 1. The number of hydrogen-bond donors (Lipinski definition) is 0. The summed E-state index contributed by atoms with van der Waals surface area (Å²) in [5.74, 6) is -0.380. The zero-order valence-electron chi connectivity index (χ0n) is 14.2. The van der Waals surface area contributed by atoms with Crippen molar-refractivity contribution in [2.75, 3.05) is 6.26 Å². The van der Waals surface area contributed by atoms with E-state index in [1.54, 1.807) is 30.3 Å². The summed E-state index contributed by atoms with van der Waals surface area (Å²) in [7, 11) is -3.26. The standard InChI is InChI=1S/C20H16ClFO3S/c1-12-17(9-13-3-6-15(7-4-13)26(2,24)25)16-8-5-14(22)10-19(16)18(12)11-20(21)23/h3-10H,11H2,1-2H3. The van der Waals surface area contributed by atoms with Crippen LogP contribution in [0.2, 0.25) is 0 Å². The number of sulfone groups is 1. The summed E-state index contributed by atoms with van der Waals surface area (Å²) in [6.45, 7) is 1.86. The topological polar surface area (TPSA) is 51.2 Å². The molecule has 0 saturated heterocycles. The maximum absolute atomic E-state index is 13.7. The number of benzene rings is 2. The van der Waals surface area contributed by atoms with Crippen LogP contribution in [0.25, 0.3) is 17.2 Å². The fourth-order valence-electron chi connectivity index (χ4n) is 3.10. The summed E-state index contributed by atoms with van der Waals surface area (Å²) in [6, 6.07) is 11.0. The first kappa shape index (κ1) is 18.5. The van der Waals surface area contributed by atoms with Gasteiger partial charge in [-0.05, 0) is 82.3 Å². The van der Waals surface area contributed by atoms with E-state index in [9.17, 15) is 17.6 Å². The summed E-state index contributed by atoms with van der Waals surface area (Å²) >= 11 is 5.55. The van der Waals surface area contributed by atoms with Crippen molar-refractivity contribution in [3.63, 3.8) is 0 Å². The molecule has 1 aliphatic rings. The van der Waals surface area contributed by atoms with Crippen molar-refractivity contribution < 1.29 is 17.6 Å². The number of carbonyl (C=O) groups excluding carboxylic acids is 1. The lowest BCUT2D eigenvalue weighted by atomic mass is 10.0. The second-order valence-corrected chi connectivity index (χ2v) is 8.66. The maximum atomic E-state index is 13.7. The number of hydrogen-bond acceptors (Lipinski definition) is 3. The Hall–Kier alpha value is -2.24. The molecule has 134 valence electrons. The van der Waals surface area contributed by atoms with E-state index in [1.807, 2.05) is 13.0 Å². The van der Waals surface area contributed by atoms with E-state index in [-0.39, 0.29) is 17.1 Å². The molecule has 0 spiro atoms. The van der Waals surface area contributed by atoms with E-state index < -0.39 is 15.1 Å². The van der Waals surface area contributed by atoms with E-state index in [2.05, 4.69) is 0 Å². The van der Waals surface area contributed by atoms with Gasteiger partial charge in [-0.15, -0.1) is 0 Å². The molecule has 3 nitrogen and oxygen atoms in total. The Balaban J connectivity index is 2.11. The van der Waals surface area contributed by atoms with Crippen LogP contribution >= 0.6 is 11.6 Å². The minimum absolute atomic E-state index is 0.0220. The van der Waals surface area contributed by atoms with E-state index >= 15 is 0 Å². The smallest absolute Gasteiger partial charge is 0.226 e. The van der Waals surface area contributed by atoms with Gasteiger partial charge < -0.3 is 0 Å². The number of rotatable bonds is 4. The van der Waals surface area contributed by atoms with Crippen LogP contribution in [0.4, 0.5) is 4.39 Å². The molecule has 0 aromatic heterocycles. The second kappa shape index (κ2) is 6.82. The van der Waals surface area contributed by atoms with Crippen molar-refractivity contribution in [3.05, 3.63) is 70.5 Å². The third kappa shape index (κ3) is 3.64. The SMILES string of the molecule is CC1=C(CC(=O)Cl)c2cc(F)ccc2C1=Cc1ccc(S(C)(=O)=O)cc1. The van der Waals surface area contributed by atoms with E-state index in [0.717, 1.165) is 28.5 Å². The molecule has 1 aliphatic carbocycles. The molecule has 0 heterocycles. The quantitative estimate of drug-likeness (QED) is 0.710. The summed E-state index contributed by atoms with van der Waals surface area (Å²) in [4.78, 5) is 11.6. The van der Waals surface area contributed by atoms with Crippen LogP contribution in [-0.2, 0) is 14.6 Å². The van der Waals surface area contributed by atoms with Crippen molar-refractivity contribution in [3.8, 4) is 0 Å². The molecule has 3 rings (SSSR count). The molecule has 0 N–H and O–H groups in total. The molecular weight excluding hydrogens is 375 g/mol. The van der Waals surface area contributed by atoms with Gasteiger partial charge in [-0.2, -0.15) is 0 Å². The Morgan fingerprint density at radius 1 is 1.12 bits per heavy atom. The van der Waals surface area contributed by atoms with Gasteiger partial charge in [0, 0.05) is 12.7 Å². The molecule has 0 aliphatic heterocycles. The summed E-state index contributed by atoms with van der Waals surface area (Å²) in [5, 5.41) is -0.506. The fourth-order valence-corrected chi connectivity index (χ4v) is 3.86. The van der Waals surface area contributed by atoms with Crippen molar-refractivity contribution in [1.82, 2.24) is 0 Å². The van der Waals surface area contributed by atoms with Gasteiger partial charge in [0.1, 0.15) is 5.82 Å². The first-order chi connectivity index (χ1) is 12.2. The average molecular weight is 391 g/mol. The van der Waals surface area contributed by atoms with Gasteiger partial charge in [0.05, 0.1) is 4.90 Å². The average Bonchev–Trinajstić information content (AvgIpc) is 2.79. The molecule has 0 fully saturated rings. The van der Waals surface area contributed by atoms with Crippen LogP contribution in [0.15, 0.2) is 52.9 Å². The van der Waals surface area contributed by atoms with Crippen molar-refractivity contribution in [2.24, 2.45) is 0 Å². The number of fused-ring (bicyclic) bond motifs is 1. The Morgan fingerprint density at radius 3 is 2.35 bits per heavy atom. The molecule has 0 bridgehead atoms. The molecule has 26 heavy (non-hydrogen) atoms. The summed E-state index contributed by atoms with van der Waals surface area (Å²) in [5.41, 5.74) is 4.71. The highest BCUT2D eigenvalue weighted by atomic mass is 35.5. The minimum atomic E-state index is -3.26. The van der Waals surface area contributed by atoms with Crippen molar-refractivity contribution in [1.29, 1.82) is 0 Å². The molecule has 0 atom stereocenters. The number of allylic oxidation sites excluding steroid dienone is 3. The summed E-state index contributed by atoms with van der Waals surface area (Å²) in [6.07, 6.45) is 3.07. The Morgan fingerprint density at radius 2 is 1.77 bits per heavy atom. The number of halogens is 2. The third-order valence-electron chi connectivity index (χ3n) is 4.39. The maximum Gasteiger partial charge on any atom is 0.226 e. The van der Waals surface area contributed by atoms with Crippen LogP contribution in [0.1, 0.15) is 30.0 Å². The third-order valence-corrected chi connectivity index (χ3v) is 5.65. The van der Waals surface area contributed by atoms with Crippen LogP contribution in [0.3, 0.4) is 0 Å². The highest BCUT2D eigenvalue weighted by molar-refractivity contribution is 7.90. The highest BCUT2D eigenvalue weighted by Crippen LogP contribution is 2.44. The van der Waals surface area contributed by atoms with Gasteiger partial charge in [-0.25, -0.2) is 12.8 Å². The lowest BCUT2D eigenvalue weighted by molar-refractivity contribution is -0.110. The van der Waals surface area contributed by atoms with Gasteiger partial charge in [-0.1, -0.05) is 18.2 Å². The molecule has 0 unspecified atom stereocenters. The van der Waals surface area contributed by atoms with E-state index in [4.69, 9.17) is 11.6 Å². The summed E-state index contributed by atoms with van der Waals surface area (Å²) < 4.78 is 36.9. The monoisotopic (exact) mass is 390 g/mol. The van der Waals surface area contributed by atoms with E-state index in [1.165, 1.54) is 12.1 Å². The van der Waals surface area contributed by atoms with Gasteiger partial charge in [0.25, 0.3) is 0 Å². The first-order valence-electron chi connectivity index (χ1n) is 7.87. The second-order valence-electron chi connectivity index (χ2n) is 6.22. The predicted octanol–water partition coefficient (Wildman–Crippen LogP) is 4.71. The molecule has 2 aromatic carbocycles. The van der Waals surface area contributed by atoms with Crippen molar-refractivity contribution in [2.45, 2.75) is 18.2 Å². The van der Waals surface area contributed by atoms with E-state index in [0.29, 0.717) is 11.1 Å². The Labute approximate surface area is 156 Å². The highest BCUT2D eigenvalue weighted by Gasteiger charge is 2.25. The van der Waals surface area contributed by atoms with Crippen LogP contribution in [-0.4, -0.2) is 19.9 Å². The van der Waals surface area contributed by atoms with Crippen LogP contribution in [0.5, 0.6) is 0 Å². The Kier molecular flexibility index (Phi) is 4.86. The zero-order chi connectivity index (χ0) is 19.1. The zero-order valence-corrected chi connectivity index (χ0v) is 15.8. The minimum Gasteiger partial charge on any atom is -0.281 e. The molecule has 6 heteroatoms.